The van der Waals surface area contributed by atoms with Gasteiger partial charge in [0.1, 0.15) is 0 Å². The molecule has 0 fully saturated rings. The van der Waals surface area contributed by atoms with Crippen molar-refractivity contribution >= 4 is 22.1 Å². The van der Waals surface area contributed by atoms with Crippen LogP contribution in [-0.4, -0.2) is 27.7 Å². The molecular formula is C7H11NO2S2. The number of nitrogens with two attached hydrogens (primary N) is 1. The van der Waals surface area contributed by atoms with Crippen LogP contribution in [0.2, 0.25) is 0 Å². The smallest absolute Gasteiger partial charge is 0.0911 e. The molecule has 5 heteroatoms. The summed E-state index contributed by atoms with van der Waals surface area (Å²) in [5.74, 6) is 0.233. The van der Waals surface area contributed by atoms with Gasteiger partial charge in [-0.05, 0) is 11.4 Å². The van der Waals surface area contributed by atoms with Crippen LogP contribution >= 0.6 is 11.3 Å². The fourth-order valence-corrected chi connectivity index (χ4v) is 2.85. The molecule has 3 N–H and O–H groups in total. The van der Waals surface area contributed by atoms with Gasteiger partial charge in [0.05, 0.1) is 26.9 Å². The molecule has 0 aromatic carbocycles. The monoisotopic (exact) mass is 205 g/mol. The van der Waals surface area contributed by atoms with E-state index in [4.69, 9.17) is 10.8 Å². The summed E-state index contributed by atoms with van der Waals surface area (Å²) in [6.07, 6.45) is -0.659. The first-order chi connectivity index (χ1) is 5.74. The van der Waals surface area contributed by atoms with Crippen LogP contribution < -0.4 is 5.73 Å². The Morgan fingerprint density at radius 1 is 1.75 bits per heavy atom. The van der Waals surface area contributed by atoms with E-state index in [0.29, 0.717) is 0 Å². The van der Waals surface area contributed by atoms with Gasteiger partial charge < -0.3 is 10.8 Å². The second-order valence-corrected chi connectivity index (χ2v) is 5.00. The maximum absolute atomic E-state index is 11.4. The number of aliphatic hydroxyl groups is 1. The van der Waals surface area contributed by atoms with Crippen LogP contribution in [0.5, 0.6) is 0 Å². The molecule has 3 nitrogen and oxygen atoms in total. The molecule has 2 unspecified atom stereocenters. The number of thiophene rings is 1. The van der Waals surface area contributed by atoms with Crippen molar-refractivity contribution in [2.75, 3.05) is 12.3 Å². The van der Waals surface area contributed by atoms with Crippen molar-refractivity contribution in [3.63, 3.8) is 0 Å². The van der Waals surface area contributed by atoms with Crippen molar-refractivity contribution in [2.24, 2.45) is 5.73 Å². The van der Waals surface area contributed by atoms with Gasteiger partial charge in [0.15, 0.2) is 0 Å². The van der Waals surface area contributed by atoms with Crippen LogP contribution in [0.15, 0.2) is 21.7 Å². The van der Waals surface area contributed by atoms with E-state index in [1.807, 2.05) is 11.4 Å². The molecule has 0 spiro atoms. The van der Waals surface area contributed by atoms with Gasteiger partial charge in [-0.3, -0.25) is 4.21 Å². The van der Waals surface area contributed by atoms with Crippen molar-refractivity contribution in [3.05, 3.63) is 17.5 Å². The highest BCUT2D eigenvalue weighted by molar-refractivity contribution is 7.87. The molecule has 1 rings (SSSR count). The van der Waals surface area contributed by atoms with Crippen molar-refractivity contribution in [2.45, 2.75) is 10.3 Å². The highest BCUT2D eigenvalue weighted by Crippen LogP contribution is 2.14. The van der Waals surface area contributed by atoms with E-state index in [-0.39, 0.29) is 12.3 Å². The normalized spacial score (nSPS) is 15.8. The summed E-state index contributed by atoms with van der Waals surface area (Å²) in [4.78, 5) is 0. The molecule has 2 atom stereocenters. The zero-order valence-corrected chi connectivity index (χ0v) is 8.11. The molecule has 68 valence electrons. The predicted octanol–water partition coefficient (Wildman–Crippen LogP) is 0.175. The van der Waals surface area contributed by atoms with E-state index >= 15 is 0 Å². The quantitative estimate of drug-likeness (QED) is 0.737. The number of hydrogen-bond acceptors (Lipinski definition) is 4. The van der Waals surface area contributed by atoms with Crippen LogP contribution in [-0.2, 0) is 10.8 Å². The van der Waals surface area contributed by atoms with E-state index in [9.17, 15) is 4.21 Å². The van der Waals surface area contributed by atoms with Gasteiger partial charge in [-0.15, -0.1) is 11.3 Å². The van der Waals surface area contributed by atoms with E-state index in [1.165, 1.54) is 11.3 Å². The highest BCUT2D eigenvalue weighted by Gasteiger charge is 2.09. The zero-order valence-electron chi connectivity index (χ0n) is 6.47. The summed E-state index contributed by atoms with van der Waals surface area (Å²) in [6.45, 7) is 0.164. The lowest BCUT2D eigenvalue weighted by atomic mass is 10.4. The average Bonchev–Trinajstić information content (AvgIpc) is 2.56. The minimum atomic E-state index is -1.09. The van der Waals surface area contributed by atoms with Crippen LogP contribution in [0.4, 0.5) is 0 Å². The van der Waals surface area contributed by atoms with Crippen molar-refractivity contribution in [3.8, 4) is 0 Å². The Kier molecular flexibility index (Phi) is 3.87. The van der Waals surface area contributed by atoms with Crippen molar-refractivity contribution in [1.29, 1.82) is 0 Å². The Balaban J connectivity index is 2.50. The Labute approximate surface area is 77.7 Å². The Bertz CT molecular complexity index is 248. The minimum Gasteiger partial charge on any atom is -0.391 e. The lowest BCUT2D eigenvalue weighted by Crippen LogP contribution is -2.25. The first kappa shape index (κ1) is 9.85. The molecule has 0 saturated carbocycles. The van der Waals surface area contributed by atoms with Gasteiger partial charge in [0, 0.05) is 6.54 Å². The van der Waals surface area contributed by atoms with E-state index in [1.54, 1.807) is 6.07 Å². The SMILES string of the molecule is NCC(O)CS(=O)c1cccs1. The lowest BCUT2D eigenvalue weighted by molar-refractivity contribution is 0.207. The molecule has 1 aromatic heterocycles. The summed E-state index contributed by atoms with van der Waals surface area (Å²) in [6, 6.07) is 3.64. The topological polar surface area (TPSA) is 63.3 Å². The number of rotatable bonds is 4. The first-order valence-corrected chi connectivity index (χ1v) is 5.74. The van der Waals surface area contributed by atoms with Gasteiger partial charge in [0.2, 0.25) is 0 Å². The maximum Gasteiger partial charge on any atom is 0.0911 e. The lowest BCUT2D eigenvalue weighted by Gasteiger charge is -2.04. The second-order valence-electron chi connectivity index (χ2n) is 2.33. The molecule has 0 bridgehead atoms. The number of hydrogen-bond donors (Lipinski definition) is 2. The van der Waals surface area contributed by atoms with Gasteiger partial charge >= 0.3 is 0 Å². The van der Waals surface area contributed by atoms with Gasteiger partial charge in [-0.1, -0.05) is 6.07 Å². The zero-order chi connectivity index (χ0) is 8.97. The first-order valence-electron chi connectivity index (χ1n) is 3.54. The second kappa shape index (κ2) is 4.71. The van der Waals surface area contributed by atoms with Gasteiger partial charge in [0.25, 0.3) is 0 Å². The molecule has 0 aliphatic carbocycles. The third-order valence-corrected chi connectivity index (χ3v) is 4.12. The molecule has 1 heterocycles. The molecular weight excluding hydrogens is 194 g/mol. The molecule has 0 saturated heterocycles. The maximum atomic E-state index is 11.4. The molecule has 0 aliphatic heterocycles. The molecule has 0 amide bonds. The minimum absolute atomic E-state index is 0.164. The molecule has 0 radical (unpaired) electrons. The highest BCUT2D eigenvalue weighted by atomic mass is 32.2. The fraction of sp³-hybridized carbons (Fsp3) is 0.429. The average molecular weight is 205 g/mol. The van der Waals surface area contributed by atoms with Crippen molar-refractivity contribution < 1.29 is 9.32 Å². The third-order valence-electron chi connectivity index (χ3n) is 1.34. The Morgan fingerprint density at radius 2 is 2.50 bits per heavy atom. The van der Waals surface area contributed by atoms with Crippen LogP contribution in [0, 0.1) is 0 Å². The Hall–Kier alpha value is -0.230. The largest absolute Gasteiger partial charge is 0.391 e. The summed E-state index contributed by atoms with van der Waals surface area (Å²) >= 11 is 1.43. The summed E-state index contributed by atoms with van der Waals surface area (Å²) in [7, 11) is -1.09. The summed E-state index contributed by atoms with van der Waals surface area (Å²) in [5.41, 5.74) is 5.19. The summed E-state index contributed by atoms with van der Waals surface area (Å²) in [5, 5.41) is 11.0. The van der Waals surface area contributed by atoms with Crippen LogP contribution in [0.3, 0.4) is 0 Å². The van der Waals surface area contributed by atoms with E-state index in [0.717, 1.165) is 4.21 Å². The van der Waals surface area contributed by atoms with Gasteiger partial charge in [-0.2, -0.15) is 0 Å². The fourth-order valence-electron chi connectivity index (χ4n) is 0.718. The third kappa shape index (κ3) is 2.67. The van der Waals surface area contributed by atoms with Crippen LogP contribution in [0.25, 0.3) is 0 Å². The van der Waals surface area contributed by atoms with E-state index < -0.39 is 16.9 Å². The van der Waals surface area contributed by atoms with Crippen molar-refractivity contribution in [1.82, 2.24) is 0 Å². The standard InChI is InChI=1S/C7H11NO2S2/c8-4-6(9)5-12(10)7-2-1-3-11-7/h1-3,6,9H,4-5,8H2. The Morgan fingerprint density at radius 3 is 3.00 bits per heavy atom. The molecule has 1 aromatic rings. The molecule has 0 aliphatic rings. The number of aliphatic hydroxyl groups excluding tert-OH is 1. The predicted molar refractivity (Wildman–Crippen MR) is 50.7 cm³/mol. The van der Waals surface area contributed by atoms with Crippen LogP contribution in [0.1, 0.15) is 0 Å². The van der Waals surface area contributed by atoms with E-state index in [2.05, 4.69) is 0 Å². The molecule has 12 heavy (non-hydrogen) atoms. The van der Waals surface area contributed by atoms with Gasteiger partial charge in [-0.25, -0.2) is 0 Å². The summed E-state index contributed by atoms with van der Waals surface area (Å²) < 4.78 is 12.2.